The molecule has 0 aromatic rings. The molecular weight excluding hydrogens is 214 g/mol. The van der Waals surface area contributed by atoms with Gasteiger partial charge in [-0.25, -0.2) is 0 Å². The minimum atomic E-state index is 0.478. The highest BCUT2D eigenvalue weighted by atomic mass is 32.2. The van der Waals surface area contributed by atoms with Crippen LogP contribution in [0.5, 0.6) is 0 Å². The fourth-order valence-electron chi connectivity index (χ4n) is 5.05. The Morgan fingerprint density at radius 1 is 1.12 bits per heavy atom. The SMILES string of the molecule is CCSCC(N)C12CC3CC(CC(C3)C1)C2. The van der Waals surface area contributed by atoms with Gasteiger partial charge in [-0.05, 0) is 67.4 Å². The van der Waals surface area contributed by atoms with E-state index in [-0.39, 0.29) is 0 Å². The maximum atomic E-state index is 6.54. The Bertz CT molecular complexity index is 228. The first-order chi connectivity index (χ1) is 7.72. The van der Waals surface area contributed by atoms with E-state index in [0.717, 1.165) is 17.8 Å². The second-order valence-corrected chi connectivity index (χ2v) is 7.86. The van der Waals surface area contributed by atoms with Gasteiger partial charge in [0.1, 0.15) is 0 Å². The van der Waals surface area contributed by atoms with E-state index in [0.29, 0.717) is 11.5 Å². The van der Waals surface area contributed by atoms with Crippen LogP contribution in [0.15, 0.2) is 0 Å². The monoisotopic (exact) mass is 239 g/mol. The van der Waals surface area contributed by atoms with Crippen molar-refractivity contribution in [3.63, 3.8) is 0 Å². The summed E-state index contributed by atoms with van der Waals surface area (Å²) in [6, 6.07) is 0.478. The summed E-state index contributed by atoms with van der Waals surface area (Å²) >= 11 is 2.04. The minimum absolute atomic E-state index is 0.478. The van der Waals surface area contributed by atoms with Crippen LogP contribution in [-0.2, 0) is 0 Å². The fraction of sp³-hybridized carbons (Fsp3) is 1.00. The molecule has 0 heterocycles. The lowest BCUT2D eigenvalue weighted by Crippen LogP contribution is -2.55. The molecule has 4 bridgehead atoms. The average molecular weight is 239 g/mol. The normalized spacial score (nSPS) is 47.2. The predicted octanol–water partition coefficient (Wildman–Crippen LogP) is 3.28. The molecule has 1 atom stereocenters. The lowest BCUT2D eigenvalue weighted by atomic mass is 9.48. The van der Waals surface area contributed by atoms with Crippen LogP contribution in [0, 0.1) is 23.2 Å². The zero-order chi connectivity index (χ0) is 11.2. The van der Waals surface area contributed by atoms with Crippen molar-refractivity contribution >= 4 is 11.8 Å². The number of nitrogens with two attached hydrogens (primary N) is 1. The summed E-state index contributed by atoms with van der Waals surface area (Å²) in [6.45, 7) is 2.25. The predicted molar refractivity (Wildman–Crippen MR) is 71.6 cm³/mol. The van der Waals surface area contributed by atoms with E-state index in [4.69, 9.17) is 5.73 Å². The molecule has 1 unspecified atom stereocenters. The Morgan fingerprint density at radius 2 is 1.62 bits per heavy atom. The van der Waals surface area contributed by atoms with Crippen molar-refractivity contribution in [3.05, 3.63) is 0 Å². The second-order valence-electron chi connectivity index (χ2n) is 6.55. The molecule has 0 saturated heterocycles. The third kappa shape index (κ3) is 1.82. The van der Waals surface area contributed by atoms with Crippen molar-refractivity contribution < 1.29 is 0 Å². The summed E-state index contributed by atoms with van der Waals surface area (Å²) in [4.78, 5) is 0. The van der Waals surface area contributed by atoms with Crippen LogP contribution in [0.1, 0.15) is 45.4 Å². The first kappa shape index (κ1) is 11.4. The van der Waals surface area contributed by atoms with Crippen LogP contribution in [0.25, 0.3) is 0 Å². The molecule has 0 spiro atoms. The Labute approximate surface area is 104 Å². The lowest BCUT2D eigenvalue weighted by molar-refractivity contribution is -0.0629. The van der Waals surface area contributed by atoms with Gasteiger partial charge in [0.15, 0.2) is 0 Å². The van der Waals surface area contributed by atoms with Gasteiger partial charge in [0, 0.05) is 11.8 Å². The van der Waals surface area contributed by atoms with E-state index in [1.54, 1.807) is 0 Å². The zero-order valence-corrected chi connectivity index (χ0v) is 11.3. The first-order valence-electron chi connectivity index (χ1n) is 7.05. The molecule has 0 aromatic carbocycles. The standard InChI is InChI=1S/C14H25NS/c1-2-16-9-13(15)14-6-10-3-11(7-14)5-12(4-10)8-14/h10-13H,2-9,15H2,1H3. The van der Waals surface area contributed by atoms with Gasteiger partial charge >= 0.3 is 0 Å². The smallest absolute Gasteiger partial charge is 0.0187 e. The van der Waals surface area contributed by atoms with Gasteiger partial charge in [0.2, 0.25) is 0 Å². The molecule has 4 aliphatic carbocycles. The van der Waals surface area contributed by atoms with E-state index in [9.17, 15) is 0 Å². The van der Waals surface area contributed by atoms with Gasteiger partial charge in [-0.15, -0.1) is 0 Å². The summed E-state index contributed by atoms with van der Waals surface area (Å²) in [6.07, 6.45) is 8.99. The highest BCUT2D eigenvalue weighted by molar-refractivity contribution is 7.99. The van der Waals surface area contributed by atoms with Crippen molar-refractivity contribution in [2.45, 2.75) is 51.5 Å². The number of hydrogen-bond donors (Lipinski definition) is 1. The van der Waals surface area contributed by atoms with Gasteiger partial charge in [-0.2, -0.15) is 11.8 Å². The van der Waals surface area contributed by atoms with Crippen LogP contribution in [0.3, 0.4) is 0 Å². The molecule has 4 rings (SSSR count). The average Bonchev–Trinajstić information content (AvgIpc) is 2.24. The summed E-state index contributed by atoms with van der Waals surface area (Å²) in [7, 11) is 0. The van der Waals surface area contributed by atoms with Crippen LogP contribution < -0.4 is 5.73 Å². The third-order valence-electron chi connectivity index (χ3n) is 5.37. The number of hydrogen-bond acceptors (Lipinski definition) is 2. The maximum Gasteiger partial charge on any atom is 0.0187 e. The Balaban J connectivity index is 1.72. The quantitative estimate of drug-likeness (QED) is 0.815. The summed E-state index contributed by atoms with van der Waals surface area (Å²) in [5, 5.41) is 0. The molecule has 2 N–H and O–H groups in total. The summed E-state index contributed by atoms with van der Waals surface area (Å²) in [5.74, 6) is 5.56. The molecular formula is C14H25NS. The summed E-state index contributed by atoms with van der Waals surface area (Å²) in [5.41, 5.74) is 7.10. The number of thioether (sulfide) groups is 1. The molecule has 92 valence electrons. The van der Waals surface area contributed by atoms with E-state index in [1.165, 1.54) is 50.0 Å². The van der Waals surface area contributed by atoms with E-state index in [1.807, 2.05) is 11.8 Å². The molecule has 4 saturated carbocycles. The molecule has 4 aliphatic rings. The molecule has 0 radical (unpaired) electrons. The molecule has 0 aliphatic heterocycles. The Morgan fingerprint density at radius 3 is 2.06 bits per heavy atom. The van der Waals surface area contributed by atoms with Crippen molar-refractivity contribution in [2.24, 2.45) is 28.9 Å². The highest BCUT2D eigenvalue weighted by Crippen LogP contribution is 2.61. The maximum absolute atomic E-state index is 6.54. The third-order valence-corrected chi connectivity index (χ3v) is 6.38. The second kappa shape index (κ2) is 4.20. The van der Waals surface area contributed by atoms with Gasteiger partial charge in [-0.1, -0.05) is 6.92 Å². The van der Waals surface area contributed by atoms with Crippen molar-refractivity contribution in [2.75, 3.05) is 11.5 Å². The fourth-order valence-corrected chi connectivity index (χ4v) is 5.90. The van der Waals surface area contributed by atoms with Crippen LogP contribution in [0.4, 0.5) is 0 Å². The molecule has 1 nitrogen and oxygen atoms in total. The van der Waals surface area contributed by atoms with Crippen LogP contribution in [-0.4, -0.2) is 17.5 Å². The van der Waals surface area contributed by atoms with Crippen LogP contribution >= 0.6 is 11.8 Å². The minimum Gasteiger partial charge on any atom is -0.326 e. The Kier molecular flexibility index (Phi) is 3.00. The molecule has 4 fully saturated rings. The van der Waals surface area contributed by atoms with E-state index >= 15 is 0 Å². The van der Waals surface area contributed by atoms with Crippen molar-refractivity contribution in [3.8, 4) is 0 Å². The highest BCUT2D eigenvalue weighted by Gasteiger charge is 2.53. The lowest BCUT2D eigenvalue weighted by Gasteiger charge is -2.59. The topological polar surface area (TPSA) is 26.0 Å². The first-order valence-corrected chi connectivity index (χ1v) is 8.20. The summed E-state index contributed by atoms with van der Waals surface area (Å²) < 4.78 is 0. The molecule has 0 amide bonds. The van der Waals surface area contributed by atoms with Gasteiger partial charge < -0.3 is 5.73 Å². The van der Waals surface area contributed by atoms with Crippen molar-refractivity contribution in [1.82, 2.24) is 0 Å². The van der Waals surface area contributed by atoms with E-state index in [2.05, 4.69) is 6.92 Å². The van der Waals surface area contributed by atoms with Gasteiger partial charge in [0.05, 0.1) is 0 Å². The zero-order valence-electron chi connectivity index (χ0n) is 10.5. The Hall–Kier alpha value is 0.310. The van der Waals surface area contributed by atoms with Gasteiger partial charge in [0.25, 0.3) is 0 Å². The van der Waals surface area contributed by atoms with E-state index < -0.39 is 0 Å². The number of rotatable bonds is 4. The molecule has 2 heteroatoms. The van der Waals surface area contributed by atoms with Crippen LogP contribution in [0.2, 0.25) is 0 Å². The van der Waals surface area contributed by atoms with Crippen molar-refractivity contribution in [1.29, 1.82) is 0 Å². The molecule has 16 heavy (non-hydrogen) atoms. The van der Waals surface area contributed by atoms with Gasteiger partial charge in [-0.3, -0.25) is 0 Å². The largest absolute Gasteiger partial charge is 0.326 e. The molecule has 0 aromatic heterocycles.